The number of carbonyl (C=O) groups is 1. The van der Waals surface area contributed by atoms with Crippen molar-refractivity contribution in [3.8, 4) is 11.5 Å². The number of carbonyl (C=O) groups excluding carboxylic acids is 1. The minimum atomic E-state index is -1.19. The van der Waals surface area contributed by atoms with Gasteiger partial charge in [0.05, 0.1) is 18.8 Å². The smallest absolute Gasteiger partial charge is 0.314 e. The van der Waals surface area contributed by atoms with Gasteiger partial charge in [0.1, 0.15) is 6.10 Å². The maximum absolute atomic E-state index is 14.2. The Labute approximate surface area is 171 Å². The molecule has 0 radical (unpaired) electrons. The molecule has 1 fully saturated rings. The highest BCUT2D eigenvalue weighted by molar-refractivity contribution is 5.75. The van der Waals surface area contributed by atoms with Gasteiger partial charge in [-0.15, -0.1) is 0 Å². The zero-order valence-electron chi connectivity index (χ0n) is 17.2. The molecule has 29 heavy (non-hydrogen) atoms. The van der Waals surface area contributed by atoms with Crippen LogP contribution in [-0.4, -0.2) is 18.7 Å². The molecule has 0 amide bonds. The summed E-state index contributed by atoms with van der Waals surface area (Å²) in [6, 6.07) is 2.52. The molecular formula is C23H30F2O4. The van der Waals surface area contributed by atoms with Crippen molar-refractivity contribution in [2.75, 3.05) is 6.61 Å². The molecule has 0 N–H and O–H groups in total. The molecule has 1 unspecified atom stereocenters. The molecule has 1 atom stereocenters. The Balaban J connectivity index is 1.51. The first kappa shape index (κ1) is 21.6. The molecule has 0 spiro atoms. The van der Waals surface area contributed by atoms with Gasteiger partial charge in [-0.05, 0) is 75.5 Å². The topological polar surface area (TPSA) is 44.8 Å². The second kappa shape index (κ2) is 10.1. The van der Waals surface area contributed by atoms with E-state index in [1.165, 1.54) is 17.7 Å². The molecule has 3 rings (SSSR count). The van der Waals surface area contributed by atoms with Crippen molar-refractivity contribution in [3.05, 3.63) is 35.6 Å². The summed E-state index contributed by atoms with van der Waals surface area (Å²) in [4.78, 5) is 12.5. The van der Waals surface area contributed by atoms with E-state index < -0.39 is 17.6 Å². The predicted molar refractivity (Wildman–Crippen MR) is 106 cm³/mol. The zero-order chi connectivity index (χ0) is 20.8. The van der Waals surface area contributed by atoms with E-state index in [0.29, 0.717) is 18.8 Å². The van der Waals surface area contributed by atoms with Gasteiger partial charge in [0.15, 0.2) is 11.5 Å². The Kier molecular flexibility index (Phi) is 7.51. The first-order chi connectivity index (χ1) is 14.0. The predicted octanol–water partition coefficient (Wildman–Crippen LogP) is 5.94. The summed E-state index contributed by atoms with van der Waals surface area (Å²) in [6.07, 6.45) is 9.59. The lowest BCUT2D eigenvalue weighted by atomic mass is 9.77. The van der Waals surface area contributed by atoms with Crippen molar-refractivity contribution < 1.29 is 27.8 Å². The van der Waals surface area contributed by atoms with Gasteiger partial charge in [0, 0.05) is 0 Å². The fourth-order valence-corrected chi connectivity index (χ4v) is 4.27. The van der Waals surface area contributed by atoms with Gasteiger partial charge in [0.25, 0.3) is 0 Å². The standard InChI is InChI=1S/C23H30F2O4/c1-3-5-15-6-11-18(28-14-15)16-7-9-17(10-8-16)23(26)29-20-13-12-19(27-4-2)21(24)22(20)25/h12-14,16-18H,3-11H2,1-2H3. The highest BCUT2D eigenvalue weighted by Gasteiger charge is 2.33. The Bertz CT molecular complexity index is 739. The van der Waals surface area contributed by atoms with E-state index in [-0.39, 0.29) is 30.1 Å². The van der Waals surface area contributed by atoms with Crippen LogP contribution in [0.3, 0.4) is 0 Å². The summed E-state index contributed by atoms with van der Waals surface area (Å²) in [7, 11) is 0. The van der Waals surface area contributed by atoms with E-state index in [9.17, 15) is 13.6 Å². The Morgan fingerprint density at radius 1 is 1.07 bits per heavy atom. The largest absolute Gasteiger partial charge is 0.498 e. The van der Waals surface area contributed by atoms with Gasteiger partial charge in [-0.3, -0.25) is 4.79 Å². The second-order valence-corrected chi connectivity index (χ2v) is 7.89. The van der Waals surface area contributed by atoms with Crippen LogP contribution < -0.4 is 9.47 Å². The lowest BCUT2D eigenvalue weighted by molar-refractivity contribution is -0.141. The Morgan fingerprint density at radius 3 is 2.38 bits per heavy atom. The highest BCUT2D eigenvalue weighted by atomic mass is 19.2. The number of benzene rings is 1. The summed E-state index contributed by atoms with van der Waals surface area (Å²) in [5.41, 5.74) is 1.38. The zero-order valence-corrected chi connectivity index (χ0v) is 17.2. The van der Waals surface area contributed by atoms with Crippen molar-refractivity contribution in [2.45, 2.75) is 71.3 Å². The number of rotatable bonds is 7. The molecule has 1 aliphatic carbocycles. The van der Waals surface area contributed by atoms with E-state index in [0.717, 1.165) is 38.5 Å². The van der Waals surface area contributed by atoms with Crippen LogP contribution >= 0.6 is 0 Å². The Morgan fingerprint density at radius 2 is 1.76 bits per heavy atom. The van der Waals surface area contributed by atoms with Crippen molar-refractivity contribution in [2.24, 2.45) is 11.8 Å². The molecule has 1 heterocycles. The van der Waals surface area contributed by atoms with Crippen LogP contribution in [0.5, 0.6) is 11.5 Å². The van der Waals surface area contributed by atoms with Crippen LogP contribution in [-0.2, 0) is 9.53 Å². The van der Waals surface area contributed by atoms with E-state index in [1.54, 1.807) is 6.92 Å². The van der Waals surface area contributed by atoms with Gasteiger partial charge in [0.2, 0.25) is 11.6 Å². The molecular weight excluding hydrogens is 378 g/mol. The maximum atomic E-state index is 14.2. The lowest BCUT2D eigenvalue weighted by Gasteiger charge is -2.34. The van der Waals surface area contributed by atoms with Crippen LogP contribution in [0, 0.1) is 23.5 Å². The molecule has 1 saturated carbocycles. The van der Waals surface area contributed by atoms with Gasteiger partial charge in [-0.2, -0.15) is 8.78 Å². The van der Waals surface area contributed by atoms with Crippen LogP contribution in [0.25, 0.3) is 0 Å². The SMILES string of the molecule is CCCC1=COC(C2CCC(C(=O)Oc3ccc(OCC)c(F)c3F)CC2)CC1. The summed E-state index contributed by atoms with van der Waals surface area (Å²) < 4.78 is 44.2. The van der Waals surface area contributed by atoms with E-state index in [1.807, 2.05) is 6.26 Å². The summed E-state index contributed by atoms with van der Waals surface area (Å²) in [6.45, 7) is 4.07. The quantitative estimate of drug-likeness (QED) is 0.414. The number of halogens is 2. The van der Waals surface area contributed by atoms with Crippen molar-refractivity contribution in [3.63, 3.8) is 0 Å². The highest BCUT2D eigenvalue weighted by Crippen LogP contribution is 2.37. The first-order valence-electron chi connectivity index (χ1n) is 10.7. The minimum Gasteiger partial charge on any atom is -0.498 e. The minimum absolute atomic E-state index is 0.186. The van der Waals surface area contributed by atoms with Crippen molar-refractivity contribution in [1.29, 1.82) is 0 Å². The average molecular weight is 408 g/mol. The van der Waals surface area contributed by atoms with Crippen molar-refractivity contribution >= 4 is 5.97 Å². The van der Waals surface area contributed by atoms with Gasteiger partial charge in [-0.1, -0.05) is 13.3 Å². The fraction of sp³-hybridized carbons (Fsp3) is 0.609. The monoisotopic (exact) mass is 408 g/mol. The van der Waals surface area contributed by atoms with Crippen LogP contribution in [0.4, 0.5) is 8.78 Å². The molecule has 2 aliphatic rings. The summed E-state index contributed by atoms with van der Waals surface area (Å²) >= 11 is 0. The van der Waals surface area contributed by atoms with Gasteiger partial charge < -0.3 is 14.2 Å². The fourth-order valence-electron chi connectivity index (χ4n) is 4.27. The van der Waals surface area contributed by atoms with E-state index in [2.05, 4.69) is 6.92 Å². The average Bonchev–Trinajstić information content (AvgIpc) is 2.74. The number of allylic oxidation sites excluding steroid dienone is 1. The van der Waals surface area contributed by atoms with Gasteiger partial charge >= 0.3 is 5.97 Å². The third-order valence-corrected chi connectivity index (χ3v) is 5.88. The summed E-state index contributed by atoms with van der Waals surface area (Å²) in [5, 5.41) is 0. The molecule has 160 valence electrons. The second-order valence-electron chi connectivity index (χ2n) is 7.89. The number of ether oxygens (including phenoxy) is 3. The molecule has 1 aromatic carbocycles. The lowest BCUT2D eigenvalue weighted by Crippen LogP contribution is -2.32. The van der Waals surface area contributed by atoms with Crippen LogP contribution in [0.15, 0.2) is 24.0 Å². The normalized spacial score (nSPS) is 24.4. The van der Waals surface area contributed by atoms with E-state index in [4.69, 9.17) is 14.2 Å². The van der Waals surface area contributed by atoms with Crippen LogP contribution in [0.1, 0.15) is 65.2 Å². The molecule has 1 aromatic rings. The number of hydrogen-bond donors (Lipinski definition) is 0. The third-order valence-electron chi connectivity index (χ3n) is 5.88. The molecule has 1 aliphatic heterocycles. The molecule has 0 bridgehead atoms. The van der Waals surface area contributed by atoms with E-state index >= 15 is 0 Å². The van der Waals surface area contributed by atoms with Crippen LogP contribution in [0.2, 0.25) is 0 Å². The third kappa shape index (κ3) is 5.28. The molecule has 4 nitrogen and oxygen atoms in total. The Hall–Kier alpha value is -2.11. The number of hydrogen-bond acceptors (Lipinski definition) is 4. The molecule has 0 aromatic heterocycles. The van der Waals surface area contributed by atoms with Gasteiger partial charge in [-0.25, -0.2) is 0 Å². The first-order valence-corrected chi connectivity index (χ1v) is 10.7. The molecule has 0 saturated heterocycles. The summed E-state index contributed by atoms with van der Waals surface area (Å²) in [5.74, 6) is -3.26. The number of esters is 1. The molecule has 6 heteroatoms. The van der Waals surface area contributed by atoms with Crippen molar-refractivity contribution in [1.82, 2.24) is 0 Å². The maximum Gasteiger partial charge on any atom is 0.314 e.